The van der Waals surface area contributed by atoms with Gasteiger partial charge in [-0.15, -0.1) is 0 Å². The van der Waals surface area contributed by atoms with E-state index in [9.17, 15) is 4.79 Å². The topological polar surface area (TPSA) is 38.3 Å². The maximum atomic E-state index is 12.3. The molecule has 0 bridgehead atoms. The lowest BCUT2D eigenvalue weighted by molar-refractivity contribution is -0.129. The van der Waals surface area contributed by atoms with Crippen molar-refractivity contribution in [3.63, 3.8) is 0 Å². The third-order valence-corrected chi connectivity index (χ3v) is 3.29. The molecule has 3 heteroatoms. The molecule has 1 rings (SSSR count). The highest BCUT2D eigenvalue weighted by Gasteiger charge is 2.34. The van der Waals surface area contributed by atoms with Gasteiger partial charge in [-0.2, -0.15) is 0 Å². The summed E-state index contributed by atoms with van der Waals surface area (Å²) in [6, 6.07) is 9.52. The number of amides is 1. The number of para-hydroxylation sites is 1. The monoisotopic (exact) mass is 235 g/mol. The van der Waals surface area contributed by atoms with Crippen LogP contribution in [0.4, 0.5) is 5.69 Å². The van der Waals surface area contributed by atoms with Gasteiger partial charge in [0.15, 0.2) is 0 Å². The fraction of sp³-hybridized carbons (Fsp3) is 0.500. The molecule has 0 aliphatic rings. The van der Waals surface area contributed by atoms with Crippen LogP contribution in [-0.2, 0) is 9.53 Å². The molecule has 1 amide bonds. The van der Waals surface area contributed by atoms with Crippen LogP contribution in [0.3, 0.4) is 0 Å². The summed E-state index contributed by atoms with van der Waals surface area (Å²) in [6.45, 7) is 4.50. The van der Waals surface area contributed by atoms with Crippen molar-refractivity contribution in [2.45, 2.75) is 26.7 Å². The van der Waals surface area contributed by atoms with Gasteiger partial charge in [0.2, 0.25) is 5.91 Å². The molecule has 0 fully saturated rings. The molecule has 0 unspecified atom stereocenters. The molecule has 0 aliphatic carbocycles. The van der Waals surface area contributed by atoms with Crippen LogP contribution in [-0.4, -0.2) is 19.6 Å². The van der Waals surface area contributed by atoms with Crippen LogP contribution < -0.4 is 5.32 Å². The molecule has 3 nitrogen and oxygen atoms in total. The highest BCUT2D eigenvalue weighted by atomic mass is 16.5. The van der Waals surface area contributed by atoms with E-state index in [0.29, 0.717) is 6.61 Å². The third kappa shape index (κ3) is 3.30. The van der Waals surface area contributed by atoms with E-state index in [1.54, 1.807) is 7.11 Å². The quantitative estimate of drug-likeness (QED) is 0.823. The Hall–Kier alpha value is -1.35. The van der Waals surface area contributed by atoms with E-state index in [1.165, 1.54) is 0 Å². The minimum Gasteiger partial charge on any atom is -0.384 e. The number of methoxy groups -OCH3 is 1. The minimum absolute atomic E-state index is 0.0375. The minimum atomic E-state index is -0.426. The fourth-order valence-electron chi connectivity index (χ4n) is 1.90. The summed E-state index contributed by atoms with van der Waals surface area (Å²) in [5.74, 6) is 0.0375. The Bertz CT molecular complexity index is 344. The summed E-state index contributed by atoms with van der Waals surface area (Å²) in [4.78, 5) is 12.3. The van der Waals surface area contributed by atoms with Crippen molar-refractivity contribution in [1.82, 2.24) is 0 Å². The van der Waals surface area contributed by atoms with Crippen molar-refractivity contribution in [3.05, 3.63) is 30.3 Å². The number of anilines is 1. The third-order valence-electron chi connectivity index (χ3n) is 3.29. The van der Waals surface area contributed by atoms with E-state index in [2.05, 4.69) is 5.32 Å². The van der Waals surface area contributed by atoms with E-state index < -0.39 is 5.41 Å². The highest BCUT2D eigenvalue weighted by Crippen LogP contribution is 2.28. The van der Waals surface area contributed by atoms with Gasteiger partial charge in [0.1, 0.15) is 0 Å². The summed E-state index contributed by atoms with van der Waals surface area (Å²) in [7, 11) is 1.63. The number of carbonyl (C=O) groups is 1. The lowest BCUT2D eigenvalue weighted by Gasteiger charge is -2.29. The number of hydrogen-bond acceptors (Lipinski definition) is 2. The van der Waals surface area contributed by atoms with Crippen LogP contribution >= 0.6 is 0 Å². The van der Waals surface area contributed by atoms with Crippen molar-refractivity contribution >= 4 is 11.6 Å². The van der Waals surface area contributed by atoms with E-state index in [0.717, 1.165) is 18.5 Å². The van der Waals surface area contributed by atoms with Gasteiger partial charge < -0.3 is 10.1 Å². The molecule has 0 saturated heterocycles. The summed E-state index contributed by atoms with van der Waals surface area (Å²) >= 11 is 0. The van der Waals surface area contributed by atoms with E-state index in [1.807, 2.05) is 44.2 Å². The molecule has 0 heterocycles. The Morgan fingerprint density at radius 1 is 1.24 bits per heavy atom. The average molecular weight is 235 g/mol. The van der Waals surface area contributed by atoms with Crippen LogP contribution in [0.15, 0.2) is 30.3 Å². The van der Waals surface area contributed by atoms with Gasteiger partial charge in [-0.25, -0.2) is 0 Å². The molecular formula is C14H21NO2. The Labute approximate surface area is 103 Å². The predicted molar refractivity (Wildman–Crippen MR) is 70.0 cm³/mol. The first kappa shape index (κ1) is 13.7. The maximum Gasteiger partial charge on any atom is 0.232 e. The van der Waals surface area contributed by atoms with Gasteiger partial charge in [-0.05, 0) is 25.0 Å². The fourth-order valence-corrected chi connectivity index (χ4v) is 1.90. The Morgan fingerprint density at radius 3 is 2.29 bits per heavy atom. The van der Waals surface area contributed by atoms with Crippen LogP contribution in [0.2, 0.25) is 0 Å². The van der Waals surface area contributed by atoms with Gasteiger partial charge in [-0.3, -0.25) is 4.79 Å². The number of hydrogen-bond donors (Lipinski definition) is 1. The molecule has 17 heavy (non-hydrogen) atoms. The molecule has 0 saturated carbocycles. The molecule has 0 radical (unpaired) electrons. The second-order valence-electron chi connectivity index (χ2n) is 4.24. The van der Waals surface area contributed by atoms with Gasteiger partial charge in [0.25, 0.3) is 0 Å². The summed E-state index contributed by atoms with van der Waals surface area (Å²) in [5.41, 5.74) is 0.407. The molecule has 0 aliphatic heterocycles. The second kappa shape index (κ2) is 6.40. The largest absolute Gasteiger partial charge is 0.384 e. The van der Waals surface area contributed by atoms with E-state index in [-0.39, 0.29) is 5.91 Å². The maximum absolute atomic E-state index is 12.3. The molecule has 1 aromatic rings. The highest BCUT2D eigenvalue weighted by molar-refractivity contribution is 5.95. The Morgan fingerprint density at radius 2 is 1.82 bits per heavy atom. The SMILES string of the molecule is CCC(CC)(COC)C(=O)Nc1ccccc1. The van der Waals surface area contributed by atoms with Crippen molar-refractivity contribution in [1.29, 1.82) is 0 Å². The van der Waals surface area contributed by atoms with Crippen molar-refractivity contribution in [2.24, 2.45) is 5.41 Å². The molecule has 0 aromatic heterocycles. The van der Waals surface area contributed by atoms with Crippen molar-refractivity contribution in [3.8, 4) is 0 Å². The zero-order valence-corrected chi connectivity index (χ0v) is 10.8. The first-order valence-electron chi connectivity index (χ1n) is 6.04. The summed E-state index contributed by atoms with van der Waals surface area (Å²) in [6.07, 6.45) is 1.55. The van der Waals surface area contributed by atoms with Gasteiger partial charge in [-0.1, -0.05) is 32.0 Å². The van der Waals surface area contributed by atoms with Crippen LogP contribution in [0.5, 0.6) is 0 Å². The molecule has 0 spiro atoms. The smallest absolute Gasteiger partial charge is 0.232 e. The van der Waals surface area contributed by atoms with E-state index in [4.69, 9.17) is 4.74 Å². The first-order chi connectivity index (χ1) is 8.18. The number of nitrogens with one attached hydrogen (secondary N) is 1. The number of ether oxygens (including phenoxy) is 1. The lowest BCUT2D eigenvalue weighted by atomic mass is 9.82. The number of carbonyl (C=O) groups excluding carboxylic acids is 1. The van der Waals surface area contributed by atoms with Crippen LogP contribution in [0.1, 0.15) is 26.7 Å². The Kier molecular flexibility index (Phi) is 5.16. The predicted octanol–water partition coefficient (Wildman–Crippen LogP) is 3.08. The molecule has 94 valence electrons. The lowest BCUT2D eigenvalue weighted by Crippen LogP contribution is -2.39. The van der Waals surface area contributed by atoms with Gasteiger partial charge >= 0.3 is 0 Å². The van der Waals surface area contributed by atoms with Crippen LogP contribution in [0, 0.1) is 5.41 Å². The number of benzene rings is 1. The molecule has 1 N–H and O–H groups in total. The normalized spacial score (nSPS) is 11.2. The van der Waals surface area contributed by atoms with Gasteiger partial charge in [0, 0.05) is 12.8 Å². The zero-order valence-electron chi connectivity index (χ0n) is 10.8. The molecule has 0 atom stereocenters. The Balaban J connectivity index is 2.79. The zero-order chi connectivity index (χ0) is 12.7. The van der Waals surface area contributed by atoms with Gasteiger partial charge in [0.05, 0.1) is 12.0 Å². The molecule has 1 aromatic carbocycles. The van der Waals surface area contributed by atoms with E-state index >= 15 is 0 Å². The summed E-state index contributed by atoms with van der Waals surface area (Å²) < 4.78 is 5.19. The van der Waals surface area contributed by atoms with Crippen molar-refractivity contribution in [2.75, 3.05) is 19.0 Å². The average Bonchev–Trinajstić information content (AvgIpc) is 2.37. The van der Waals surface area contributed by atoms with Crippen molar-refractivity contribution < 1.29 is 9.53 Å². The molecular weight excluding hydrogens is 214 g/mol. The first-order valence-corrected chi connectivity index (χ1v) is 6.04. The summed E-state index contributed by atoms with van der Waals surface area (Å²) in [5, 5.41) is 2.95. The second-order valence-corrected chi connectivity index (χ2v) is 4.24. The van der Waals surface area contributed by atoms with Crippen LogP contribution in [0.25, 0.3) is 0 Å². The number of rotatable bonds is 6. The standard InChI is InChI=1S/C14H21NO2/c1-4-14(5-2,11-17-3)13(16)15-12-9-7-6-8-10-12/h6-10H,4-5,11H2,1-3H3,(H,15,16).